The van der Waals surface area contributed by atoms with Gasteiger partial charge in [-0.2, -0.15) is 0 Å². The van der Waals surface area contributed by atoms with Crippen LogP contribution in [0.15, 0.2) is 55.6 Å². The van der Waals surface area contributed by atoms with Gasteiger partial charge in [-0.3, -0.25) is 4.98 Å². The largest absolute Gasteiger partial charge is 0.340 e. The number of nitrogens with zero attached hydrogens (tertiary/aromatic N) is 3. The molecule has 0 atom stereocenters. The maximum absolute atomic E-state index is 4.36. The number of fused-ring (bicyclic) bond motifs is 1. The first kappa shape index (κ1) is 10.7. The number of aromatic nitrogens is 3. The lowest BCUT2D eigenvalue weighted by Gasteiger charge is -2.06. The fourth-order valence-electron chi connectivity index (χ4n) is 2.07. The summed E-state index contributed by atoms with van der Waals surface area (Å²) in [5.41, 5.74) is 3.88. The van der Waals surface area contributed by atoms with Crippen molar-refractivity contribution < 1.29 is 0 Å². The van der Waals surface area contributed by atoms with Crippen molar-refractivity contribution in [2.75, 3.05) is 0 Å². The molecule has 0 fully saturated rings. The molecule has 18 heavy (non-hydrogen) atoms. The number of hydrogen-bond acceptors (Lipinski definition) is 2. The fraction of sp³-hybridized carbons (Fsp3) is 0.0667. The van der Waals surface area contributed by atoms with Crippen LogP contribution in [0.4, 0.5) is 0 Å². The molecule has 3 nitrogen and oxygen atoms in total. The van der Waals surface area contributed by atoms with E-state index >= 15 is 0 Å². The Morgan fingerprint density at radius 3 is 2.78 bits per heavy atom. The molecule has 0 aliphatic carbocycles. The van der Waals surface area contributed by atoms with Gasteiger partial charge in [0, 0.05) is 30.4 Å². The molecule has 0 aliphatic rings. The van der Waals surface area contributed by atoms with Crippen molar-refractivity contribution in [1.29, 1.82) is 0 Å². The maximum atomic E-state index is 4.36. The lowest BCUT2D eigenvalue weighted by Crippen LogP contribution is -1.90. The second kappa shape index (κ2) is 4.11. The van der Waals surface area contributed by atoms with Crippen molar-refractivity contribution in [2.24, 2.45) is 7.05 Å². The van der Waals surface area contributed by atoms with Crippen LogP contribution in [0.5, 0.6) is 0 Å². The highest BCUT2D eigenvalue weighted by molar-refractivity contribution is 5.94. The number of hydrogen-bond donors (Lipinski definition) is 0. The smallest absolute Gasteiger partial charge is 0.0951 e. The third-order valence-electron chi connectivity index (χ3n) is 2.99. The van der Waals surface area contributed by atoms with Gasteiger partial charge < -0.3 is 4.57 Å². The van der Waals surface area contributed by atoms with E-state index in [0.29, 0.717) is 0 Å². The normalized spacial score (nSPS) is 10.7. The van der Waals surface area contributed by atoms with Crippen molar-refractivity contribution in [1.82, 2.24) is 14.5 Å². The van der Waals surface area contributed by atoms with Gasteiger partial charge in [0.1, 0.15) is 0 Å². The summed E-state index contributed by atoms with van der Waals surface area (Å²) in [7, 11) is 1.95. The summed E-state index contributed by atoms with van der Waals surface area (Å²) in [6.45, 7) is 4.16. The molecule has 0 amide bonds. The topological polar surface area (TPSA) is 30.7 Å². The average molecular weight is 235 g/mol. The van der Waals surface area contributed by atoms with Crippen molar-refractivity contribution in [2.45, 2.75) is 0 Å². The summed E-state index contributed by atoms with van der Waals surface area (Å²) >= 11 is 0. The Morgan fingerprint density at radius 1 is 1.17 bits per heavy atom. The summed E-state index contributed by atoms with van der Waals surface area (Å²) in [5, 5.41) is 1.11. The van der Waals surface area contributed by atoms with Crippen LogP contribution in [0, 0.1) is 0 Å². The van der Waals surface area contributed by atoms with E-state index in [1.54, 1.807) is 6.33 Å². The first-order valence-electron chi connectivity index (χ1n) is 5.77. The third-order valence-corrected chi connectivity index (χ3v) is 2.99. The molecule has 0 unspecified atom stereocenters. The summed E-state index contributed by atoms with van der Waals surface area (Å²) in [5.74, 6) is 0. The van der Waals surface area contributed by atoms with Crippen molar-refractivity contribution in [3.05, 3.63) is 66.9 Å². The molecule has 0 radical (unpaired) electrons. The summed E-state index contributed by atoms with van der Waals surface area (Å²) < 4.78 is 1.92. The van der Waals surface area contributed by atoms with Gasteiger partial charge in [0.05, 0.1) is 17.5 Å². The molecule has 2 aromatic heterocycles. The number of para-hydroxylation sites is 1. The molecule has 0 saturated heterocycles. The van der Waals surface area contributed by atoms with Gasteiger partial charge in [0.2, 0.25) is 0 Å². The van der Waals surface area contributed by atoms with E-state index in [0.717, 1.165) is 27.7 Å². The molecule has 0 bridgehead atoms. The second-order valence-corrected chi connectivity index (χ2v) is 4.28. The van der Waals surface area contributed by atoms with Crippen molar-refractivity contribution in [3.63, 3.8) is 0 Å². The number of pyridine rings is 1. The van der Waals surface area contributed by atoms with Crippen molar-refractivity contribution >= 4 is 16.5 Å². The molecule has 0 spiro atoms. The Morgan fingerprint density at radius 2 is 2.00 bits per heavy atom. The molecular weight excluding hydrogens is 222 g/mol. The lowest BCUT2D eigenvalue weighted by atomic mass is 10.0. The monoisotopic (exact) mass is 235 g/mol. The van der Waals surface area contributed by atoms with Crippen LogP contribution in [-0.4, -0.2) is 14.5 Å². The molecule has 3 aromatic rings. The Bertz CT molecular complexity index is 720. The van der Waals surface area contributed by atoms with Crippen LogP contribution in [0.1, 0.15) is 11.3 Å². The summed E-state index contributed by atoms with van der Waals surface area (Å²) in [6, 6.07) is 10.1. The van der Waals surface area contributed by atoms with Crippen LogP contribution in [0.2, 0.25) is 0 Å². The molecule has 0 saturated carbocycles. The zero-order valence-electron chi connectivity index (χ0n) is 10.2. The van der Waals surface area contributed by atoms with Crippen LogP contribution < -0.4 is 0 Å². The van der Waals surface area contributed by atoms with Gasteiger partial charge in [-0.1, -0.05) is 24.8 Å². The second-order valence-electron chi connectivity index (χ2n) is 4.28. The Hall–Kier alpha value is -2.42. The standard InChI is InChI=1S/C15H13N3/c1-11(15-9-18(2)10-17-15)12-7-8-16-14-6-4-3-5-13(12)14/h3-10H,1H2,2H3. The molecule has 3 heteroatoms. The van der Waals surface area contributed by atoms with Gasteiger partial charge in [-0.25, -0.2) is 4.98 Å². The molecule has 0 aliphatic heterocycles. The quantitative estimate of drug-likeness (QED) is 0.683. The van der Waals surface area contributed by atoms with Gasteiger partial charge in [0.25, 0.3) is 0 Å². The van der Waals surface area contributed by atoms with Gasteiger partial charge in [-0.05, 0) is 17.7 Å². The fourth-order valence-corrected chi connectivity index (χ4v) is 2.07. The highest BCUT2D eigenvalue weighted by Gasteiger charge is 2.08. The van der Waals surface area contributed by atoms with Crippen LogP contribution in [-0.2, 0) is 7.05 Å². The van der Waals surface area contributed by atoms with Gasteiger partial charge >= 0.3 is 0 Å². The molecule has 88 valence electrons. The molecular formula is C15H13N3. The minimum absolute atomic E-state index is 0.897. The Labute approximate surface area is 105 Å². The van der Waals surface area contributed by atoms with Gasteiger partial charge in [0.15, 0.2) is 0 Å². The van der Waals surface area contributed by atoms with E-state index in [1.165, 1.54) is 0 Å². The third kappa shape index (κ3) is 1.70. The van der Waals surface area contributed by atoms with E-state index in [-0.39, 0.29) is 0 Å². The van der Waals surface area contributed by atoms with Gasteiger partial charge in [-0.15, -0.1) is 0 Å². The molecule has 1 aromatic carbocycles. The number of benzene rings is 1. The zero-order valence-corrected chi connectivity index (χ0v) is 10.2. The minimum atomic E-state index is 0.897. The first-order valence-corrected chi connectivity index (χ1v) is 5.77. The Kier molecular flexibility index (Phi) is 2.45. The van der Waals surface area contributed by atoms with E-state index in [1.807, 2.05) is 48.3 Å². The van der Waals surface area contributed by atoms with Crippen LogP contribution >= 0.6 is 0 Å². The predicted octanol–water partition coefficient (Wildman–Crippen LogP) is 3.03. The van der Waals surface area contributed by atoms with Crippen LogP contribution in [0.3, 0.4) is 0 Å². The average Bonchev–Trinajstić information content (AvgIpc) is 2.84. The zero-order chi connectivity index (χ0) is 12.5. The SMILES string of the molecule is C=C(c1cn(C)cn1)c1ccnc2ccccc12. The Balaban J connectivity index is 2.17. The number of aryl methyl sites for hydroxylation is 1. The number of rotatable bonds is 2. The highest BCUT2D eigenvalue weighted by Crippen LogP contribution is 2.26. The summed E-state index contributed by atoms with van der Waals surface area (Å²) in [4.78, 5) is 8.70. The first-order chi connectivity index (χ1) is 8.75. The van der Waals surface area contributed by atoms with E-state index < -0.39 is 0 Å². The molecule has 3 rings (SSSR count). The van der Waals surface area contributed by atoms with E-state index in [9.17, 15) is 0 Å². The molecule has 2 heterocycles. The minimum Gasteiger partial charge on any atom is -0.340 e. The number of imidazole rings is 1. The van der Waals surface area contributed by atoms with E-state index in [2.05, 4.69) is 22.6 Å². The van der Waals surface area contributed by atoms with Crippen LogP contribution in [0.25, 0.3) is 16.5 Å². The van der Waals surface area contributed by atoms with E-state index in [4.69, 9.17) is 0 Å². The molecule has 0 N–H and O–H groups in total. The summed E-state index contributed by atoms with van der Waals surface area (Å²) in [6.07, 6.45) is 5.56. The lowest BCUT2D eigenvalue weighted by molar-refractivity contribution is 0.913. The predicted molar refractivity (Wildman–Crippen MR) is 73.1 cm³/mol. The maximum Gasteiger partial charge on any atom is 0.0951 e. The van der Waals surface area contributed by atoms with Crippen molar-refractivity contribution in [3.8, 4) is 0 Å². The highest BCUT2D eigenvalue weighted by atomic mass is 15.0.